The van der Waals surface area contributed by atoms with Crippen molar-refractivity contribution in [1.29, 1.82) is 0 Å². The molecular formula is C18H13BrCl2N2O4S. The summed E-state index contributed by atoms with van der Waals surface area (Å²) < 4.78 is 6.05. The number of benzene rings is 2. The lowest BCUT2D eigenvalue weighted by molar-refractivity contribution is -0.115. The molecule has 2 rings (SSSR count). The molecule has 0 saturated heterocycles. The third-order valence-electron chi connectivity index (χ3n) is 3.37. The molecule has 0 saturated carbocycles. The van der Waals surface area contributed by atoms with E-state index in [-0.39, 0.29) is 26.4 Å². The molecule has 0 unspecified atom stereocenters. The Morgan fingerprint density at radius 1 is 1.25 bits per heavy atom. The van der Waals surface area contributed by atoms with Crippen LogP contribution in [0.2, 0.25) is 10.0 Å². The molecular weight excluding hydrogens is 491 g/mol. The second-order valence-electron chi connectivity index (χ2n) is 5.28. The van der Waals surface area contributed by atoms with Gasteiger partial charge in [0.1, 0.15) is 5.75 Å². The van der Waals surface area contributed by atoms with Gasteiger partial charge in [-0.25, -0.2) is 4.79 Å². The largest absolute Gasteiger partial charge is 0.496 e. The first kappa shape index (κ1) is 22.2. The van der Waals surface area contributed by atoms with Gasteiger partial charge in [-0.3, -0.25) is 10.1 Å². The van der Waals surface area contributed by atoms with Gasteiger partial charge in [-0.1, -0.05) is 39.1 Å². The first-order chi connectivity index (χ1) is 13.2. The van der Waals surface area contributed by atoms with Crippen molar-refractivity contribution in [3.8, 4) is 5.75 Å². The molecule has 0 spiro atoms. The standard InChI is InChI=1S/C18H13BrCl2N2O4S/c1-27-14-4-3-10(19)6-9(14)2-5-15(24)22-18(28)23-16-12(17(25)26)7-11(20)8-13(16)21/h2-8H,1H3,(H,25,26)(H2,22,23,24,28). The average molecular weight is 504 g/mol. The number of aromatic carboxylic acids is 1. The lowest BCUT2D eigenvalue weighted by Gasteiger charge is -2.13. The Labute approximate surface area is 184 Å². The molecule has 10 heteroatoms. The first-order valence-electron chi connectivity index (χ1n) is 7.57. The molecule has 0 heterocycles. The summed E-state index contributed by atoms with van der Waals surface area (Å²) in [4.78, 5) is 23.5. The fourth-order valence-corrected chi connectivity index (χ4v) is 3.29. The Balaban J connectivity index is 2.11. The Bertz CT molecular complexity index is 982. The van der Waals surface area contributed by atoms with Gasteiger partial charge < -0.3 is 15.2 Å². The highest BCUT2D eigenvalue weighted by Crippen LogP contribution is 2.30. The highest BCUT2D eigenvalue weighted by atomic mass is 79.9. The molecule has 0 aliphatic rings. The van der Waals surface area contributed by atoms with Crippen molar-refractivity contribution in [3.63, 3.8) is 0 Å². The SMILES string of the molecule is COc1ccc(Br)cc1C=CC(=O)NC(=S)Nc1c(Cl)cc(Cl)cc1C(=O)O. The number of carbonyl (C=O) groups excluding carboxylic acids is 1. The number of nitrogens with one attached hydrogen (secondary N) is 2. The number of hydrogen-bond acceptors (Lipinski definition) is 4. The molecule has 0 bridgehead atoms. The number of carboxylic acids is 1. The lowest BCUT2D eigenvalue weighted by Crippen LogP contribution is -2.33. The van der Waals surface area contributed by atoms with Crippen LogP contribution in [0.1, 0.15) is 15.9 Å². The second-order valence-corrected chi connectivity index (χ2v) is 7.45. The number of methoxy groups -OCH3 is 1. The lowest BCUT2D eigenvalue weighted by atomic mass is 10.2. The van der Waals surface area contributed by atoms with Crippen LogP contribution >= 0.6 is 51.3 Å². The highest BCUT2D eigenvalue weighted by Gasteiger charge is 2.16. The van der Waals surface area contributed by atoms with Crippen molar-refractivity contribution in [2.75, 3.05) is 12.4 Å². The van der Waals surface area contributed by atoms with E-state index in [0.717, 1.165) is 4.47 Å². The highest BCUT2D eigenvalue weighted by molar-refractivity contribution is 9.10. The summed E-state index contributed by atoms with van der Waals surface area (Å²) in [7, 11) is 1.52. The zero-order valence-electron chi connectivity index (χ0n) is 14.3. The van der Waals surface area contributed by atoms with Crippen LogP contribution in [0.15, 0.2) is 40.9 Å². The van der Waals surface area contributed by atoms with Crippen LogP contribution in [0.4, 0.5) is 5.69 Å². The van der Waals surface area contributed by atoms with E-state index < -0.39 is 11.9 Å². The van der Waals surface area contributed by atoms with E-state index in [9.17, 15) is 14.7 Å². The molecule has 0 aliphatic heterocycles. The predicted octanol–water partition coefficient (Wildman–Crippen LogP) is 4.99. The van der Waals surface area contributed by atoms with Crippen LogP contribution in [0, 0.1) is 0 Å². The van der Waals surface area contributed by atoms with E-state index in [1.54, 1.807) is 18.2 Å². The average Bonchev–Trinajstić information content (AvgIpc) is 2.61. The van der Waals surface area contributed by atoms with Crippen LogP contribution in [0.3, 0.4) is 0 Å². The molecule has 0 aromatic heterocycles. The summed E-state index contributed by atoms with van der Waals surface area (Å²) in [6, 6.07) is 7.94. The van der Waals surface area contributed by atoms with Gasteiger partial charge in [0.25, 0.3) is 0 Å². The molecule has 1 amide bonds. The summed E-state index contributed by atoms with van der Waals surface area (Å²) in [5.74, 6) is -1.18. The Hall–Kier alpha value is -2.13. The minimum atomic E-state index is -1.25. The number of carbonyl (C=O) groups is 2. The molecule has 0 aliphatic carbocycles. The Morgan fingerprint density at radius 2 is 1.96 bits per heavy atom. The number of hydrogen-bond donors (Lipinski definition) is 3. The van der Waals surface area contributed by atoms with E-state index in [2.05, 4.69) is 26.6 Å². The zero-order valence-corrected chi connectivity index (χ0v) is 18.2. The third kappa shape index (κ3) is 5.93. The number of halogens is 3. The molecule has 0 fully saturated rings. The van der Waals surface area contributed by atoms with Gasteiger partial charge >= 0.3 is 5.97 Å². The van der Waals surface area contributed by atoms with Crippen molar-refractivity contribution in [2.45, 2.75) is 0 Å². The van der Waals surface area contributed by atoms with Gasteiger partial charge in [-0.2, -0.15) is 0 Å². The van der Waals surface area contributed by atoms with E-state index in [4.69, 9.17) is 40.2 Å². The van der Waals surface area contributed by atoms with Crippen molar-refractivity contribution in [2.24, 2.45) is 0 Å². The maximum absolute atomic E-state index is 12.1. The summed E-state index contributed by atoms with van der Waals surface area (Å²) in [5, 5.41) is 14.4. The Morgan fingerprint density at radius 3 is 2.61 bits per heavy atom. The van der Waals surface area contributed by atoms with Gasteiger partial charge in [0.05, 0.1) is 23.4 Å². The molecule has 0 atom stereocenters. The van der Waals surface area contributed by atoms with E-state index in [0.29, 0.717) is 11.3 Å². The van der Waals surface area contributed by atoms with Crippen LogP contribution < -0.4 is 15.4 Å². The second kappa shape index (κ2) is 9.88. The third-order valence-corrected chi connectivity index (χ3v) is 4.58. The quantitative estimate of drug-likeness (QED) is 0.393. The number of anilines is 1. The molecule has 3 N–H and O–H groups in total. The molecule has 0 radical (unpaired) electrons. The monoisotopic (exact) mass is 502 g/mol. The number of ether oxygens (including phenoxy) is 1. The van der Waals surface area contributed by atoms with Gasteiger partial charge in [-0.15, -0.1) is 0 Å². The summed E-state index contributed by atoms with van der Waals surface area (Å²) in [5.41, 5.74) is 0.532. The van der Waals surface area contributed by atoms with Crippen molar-refractivity contribution in [3.05, 3.63) is 62.1 Å². The maximum atomic E-state index is 12.1. The van der Waals surface area contributed by atoms with Crippen LogP contribution in [0.25, 0.3) is 6.08 Å². The number of carboxylic acid groups (broad SMARTS) is 1. The molecule has 2 aromatic rings. The number of amides is 1. The van der Waals surface area contributed by atoms with Crippen molar-refractivity contribution < 1.29 is 19.4 Å². The van der Waals surface area contributed by atoms with E-state index in [1.165, 1.54) is 25.3 Å². The zero-order chi connectivity index (χ0) is 20.8. The summed E-state index contributed by atoms with van der Waals surface area (Å²) >= 11 is 20.3. The van der Waals surface area contributed by atoms with Gasteiger partial charge in [0.15, 0.2) is 5.11 Å². The minimum absolute atomic E-state index is 0.0292. The van der Waals surface area contributed by atoms with Crippen molar-refractivity contribution >= 4 is 80.1 Å². The maximum Gasteiger partial charge on any atom is 0.337 e. The number of rotatable bonds is 5. The summed E-state index contributed by atoms with van der Waals surface area (Å²) in [6.07, 6.45) is 2.82. The fourth-order valence-electron chi connectivity index (χ4n) is 2.17. The minimum Gasteiger partial charge on any atom is -0.496 e. The van der Waals surface area contributed by atoms with Crippen LogP contribution in [0.5, 0.6) is 5.75 Å². The molecule has 2 aromatic carbocycles. The topological polar surface area (TPSA) is 87.7 Å². The van der Waals surface area contributed by atoms with Gasteiger partial charge in [-0.05, 0) is 48.6 Å². The van der Waals surface area contributed by atoms with Crippen molar-refractivity contribution in [1.82, 2.24) is 5.32 Å². The van der Waals surface area contributed by atoms with Crippen LogP contribution in [-0.2, 0) is 4.79 Å². The van der Waals surface area contributed by atoms with E-state index in [1.807, 2.05) is 6.07 Å². The van der Waals surface area contributed by atoms with Gasteiger partial charge in [0, 0.05) is 21.1 Å². The van der Waals surface area contributed by atoms with Crippen LogP contribution in [-0.4, -0.2) is 29.2 Å². The van der Waals surface area contributed by atoms with E-state index >= 15 is 0 Å². The number of thiocarbonyl (C=S) groups is 1. The fraction of sp³-hybridized carbons (Fsp3) is 0.0556. The normalized spacial score (nSPS) is 10.6. The van der Waals surface area contributed by atoms with Gasteiger partial charge in [0.2, 0.25) is 5.91 Å². The predicted molar refractivity (Wildman–Crippen MR) is 118 cm³/mol. The first-order valence-corrected chi connectivity index (χ1v) is 9.53. The Kier molecular flexibility index (Phi) is 7.82. The molecule has 146 valence electrons. The summed E-state index contributed by atoms with van der Waals surface area (Å²) in [6.45, 7) is 0. The molecule has 28 heavy (non-hydrogen) atoms. The smallest absolute Gasteiger partial charge is 0.337 e. The molecule has 6 nitrogen and oxygen atoms in total.